The molecule has 200 valence electrons. The van der Waals surface area contributed by atoms with Crippen LogP contribution in [0.15, 0.2) is 103 Å². The van der Waals surface area contributed by atoms with Gasteiger partial charge in [-0.2, -0.15) is 0 Å². The summed E-state index contributed by atoms with van der Waals surface area (Å²) < 4.78 is 0. The van der Waals surface area contributed by atoms with Gasteiger partial charge >= 0.3 is 6.03 Å². The molecular weight excluding hydrogens is 527 g/mol. The molecule has 1 fully saturated rings. The van der Waals surface area contributed by atoms with Crippen molar-refractivity contribution in [2.45, 2.75) is 25.6 Å². The van der Waals surface area contributed by atoms with Gasteiger partial charge in [-0.1, -0.05) is 83.9 Å². The number of amides is 2. The average Bonchev–Trinajstić information content (AvgIpc) is 2.96. The molecule has 39 heavy (non-hydrogen) atoms. The average molecular weight is 560 g/mol. The Bertz CT molecular complexity index is 1370. The standard InChI is InChI=1S/C32H32Cl2N4O/c33-29-12-4-7-25(19-29)14-16-37(22-26-8-5-13-30(34)20-26)32(39)38-18-17-36(23-27-9-6-15-35-21-27)31(24-38)28-10-2-1-3-11-28/h1-13,15,19-21,31H,14,16-18,22-24H2/t31-/m1/s1. The van der Waals surface area contributed by atoms with Gasteiger partial charge in [0.15, 0.2) is 0 Å². The molecule has 0 N–H and O–H groups in total. The van der Waals surface area contributed by atoms with Gasteiger partial charge in [0, 0.05) is 61.7 Å². The Hall–Kier alpha value is -3.38. The number of nitrogens with zero attached hydrogens (tertiary/aromatic N) is 4. The number of benzene rings is 3. The van der Waals surface area contributed by atoms with Crippen LogP contribution in [0, 0.1) is 0 Å². The lowest BCUT2D eigenvalue weighted by Crippen LogP contribution is -2.53. The number of urea groups is 1. The van der Waals surface area contributed by atoms with Gasteiger partial charge in [-0.15, -0.1) is 0 Å². The highest BCUT2D eigenvalue weighted by atomic mass is 35.5. The van der Waals surface area contributed by atoms with Crippen molar-refractivity contribution in [2.75, 3.05) is 26.2 Å². The molecule has 0 bridgehead atoms. The molecule has 0 radical (unpaired) electrons. The van der Waals surface area contributed by atoms with Crippen molar-refractivity contribution in [3.63, 3.8) is 0 Å². The fraction of sp³-hybridized carbons (Fsp3) is 0.250. The Morgan fingerprint density at radius 3 is 2.28 bits per heavy atom. The molecule has 5 rings (SSSR count). The lowest BCUT2D eigenvalue weighted by atomic mass is 10.0. The fourth-order valence-corrected chi connectivity index (χ4v) is 5.58. The molecule has 1 saturated heterocycles. The summed E-state index contributed by atoms with van der Waals surface area (Å²) >= 11 is 12.5. The normalized spacial score (nSPS) is 15.7. The van der Waals surface area contributed by atoms with Crippen LogP contribution >= 0.6 is 23.2 Å². The number of hydrogen-bond donors (Lipinski definition) is 0. The Morgan fingerprint density at radius 2 is 1.56 bits per heavy atom. The summed E-state index contributed by atoms with van der Waals surface area (Å²) in [7, 11) is 0. The van der Waals surface area contributed by atoms with E-state index in [2.05, 4.69) is 46.3 Å². The molecule has 1 aromatic heterocycles. The topological polar surface area (TPSA) is 39.7 Å². The van der Waals surface area contributed by atoms with E-state index in [9.17, 15) is 4.79 Å². The molecule has 7 heteroatoms. The van der Waals surface area contributed by atoms with Gasteiger partial charge in [0.05, 0.1) is 6.04 Å². The molecule has 5 nitrogen and oxygen atoms in total. The maximum absolute atomic E-state index is 14.1. The molecular formula is C32H32Cl2N4O. The maximum atomic E-state index is 14.1. The van der Waals surface area contributed by atoms with Gasteiger partial charge in [0.25, 0.3) is 0 Å². The number of carbonyl (C=O) groups excluding carboxylic acids is 1. The van der Waals surface area contributed by atoms with E-state index in [1.54, 1.807) is 6.20 Å². The van der Waals surface area contributed by atoms with Gasteiger partial charge < -0.3 is 9.80 Å². The zero-order valence-electron chi connectivity index (χ0n) is 21.8. The van der Waals surface area contributed by atoms with E-state index in [1.165, 1.54) is 11.1 Å². The molecule has 0 saturated carbocycles. The molecule has 1 aliphatic heterocycles. The van der Waals surface area contributed by atoms with Gasteiger partial charge in [0.1, 0.15) is 0 Å². The first-order valence-electron chi connectivity index (χ1n) is 13.3. The Kier molecular flexibility index (Phi) is 9.15. The lowest BCUT2D eigenvalue weighted by Gasteiger charge is -2.43. The molecule has 2 amide bonds. The van der Waals surface area contributed by atoms with E-state index in [4.69, 9.17) is 23.2 Å². The van der Waals surface area contributed by atoms with Crippen molar-refractivity contribution in [1.82, 2.24) is 19.7 Å². The van der Waals surface area contributed by atoms with Crippen LogP contribution in [0.5, 0.6) is 0 Å². The van der Waals surface area contributed by atoms with E-state index in [1.807, 2.05) is 70.6 Å². The molecule has 0 aliphatic carbocycles. The lowest BCUT2D eigenvalue weighted by molar-refractivity contribution is 0.0681. The summed E-state index contributed by atoms with van der Waals surface area (Å²) in [6.07, 6.45) is 4.44. The number of piperazine rings is 1. The first-order valence-corrected chi connectivity index (χ1v) is 14.0. The summed E-state index contributed by atoms with van der Waals surface area (Å²) in [5.74, 6) is 0. The van der Waals surface area contributed by atoms with Gasteiger partial charge in [-0.3, -0.25) is 9.88 Å². The van der Waals surface area contributed by atoms with Crippen LogP contribution in [0.25, 0.3) is 0 Å². The monoisotopic (exact) mass is 558 g/mol. The minimum atomic E-state index is 0.0407. The second-order valence-corrected chi connectivity index (χ2v) is 10.8. The first kappa shape index (κ1) is 27.2. The van der Waals surface area contributed by atoms with Gasteiger partial charge in [0.2, 0.25) is 0 Å². The quantitative estimate of drug-likeness (QED) is 0.231. The van der Waals surface area contributed by atoms with Crippen molar-refractivity contribution in [1.29, 1.82) is 0 Å². The van der Waals surface area contributed by atoms with Crippen LogP contribution in [-0.4, -0.2) is 51.9 Å². The van der Waals surface area contributed by atoms with Crippen molar-refractivity contribution in [3.8, 4) is 0 Å². The molecule has 1 aliphatic rings. The number of aromatic nitrogens is 1. The van der Waals surface area contributed by atoms with Gasteiger partial charge in [-0.25, -0.2) is 4.79 Å². The minimum Gasteiger partial charge on any atom is -0.321 e. The zero-order valence-corrected chi connectivity index (χ0v) is 23.3. The Morgan fingerprint density at radius 1 is 0.846 bits per heavy atom. The third kappa shape index (κ3) is 7.39. The first-order chi connectivity index (χ1) is 19.0. The van der Waals surface area contributed by atoms with Crippen LogP contribution in [-0.2, 0) is 19.5 Å². The van der Waals surface area contributed by atoms with E-state index < -0.39 is 0 Å². The molecule has 3 aromatic carbocycles. The highest BCUT2D eigenvalue weighted by Gasteiger charge is 2.32. The maximum Gasteiger partial charge on any atom is 0.320 e. The summed E-state index contributed by atoms with van der Waals surface area (Å²) in [4.78, 5) is 24.8. The number of pyridine rings is 1. The highest BCUT2D eigenvalue weighted by molar-refractivity contribution is 6.30. The molecule has 2 heterocycles. The van der Waals surface area contributed by atoms with Crippen molar-refractivity contribution in [2.24, 2.45) is 0 Å². The predicted octanol–water partition coefficient (Wildman–Crippen LogP) is 7.11. The third-order valence-corrected chi connectivity index (χ3v) is 7.62. The number of halogens is 2. The number of carbonyl (C=O) groups is 1. The second kappa shape index (κ2) is 13.1. The van der Waals surface area contributed by atoms with Crippen molar-refractivity contribution >= 4 is 29.2 Å². The van der Waals surface area contributed by atoms with Gasteiger partial charge in [-0.05, 0) is 59.0 Å². The molecule has 0 spiro atoms. The zero-order chi connectivity index (χ0) is 27.0. The smallest absolute Gasteiger partial charge is 0.320 e. The Balaban J connectivity index is 1.36. The summed E-state index contributed by atoms with van der Waals surface area (Å²) in [5, 5.41) is 1.37. The predicted molar refractivity (Wildman–Crippen MR) is 158 cm³/mol. The Labute approximate surface area is 240 Å². The molecule has 4 aromatic rings. The number of rotatable bonds is 8. The van der Waals surface area contributed by atoms with E-state index in [0.717, 1.165) is 30.6 Å². The van der Waals surface area contributed by atoms with Crippen molar-refractivity contribution in [3.05, 3.63) is 136 Å². The van der Waals surface area contributed by atoms with Crippen LogP contribution in [0.3, 0.4) is 0 Å². The summed E-state index contributed by atoms with van der Waals surface area (Å²) in [6.45, 7) is 3.91. The molecule has 0 unspecified atom stereocenters. The van der Waals surface area contributed by atoms with E-state index in [-0.39, 0.29) is 12.1 Å². The summed E-state index contributed by atoms with van der Waals surface area (Å²) in [6, 6.07) is 30.2. The van der Waals surface area contributed by atoms with Crippen LogP contribution in [0.1, 0.15) is 28.3 Å². The fourth-order valence-electron chi connectivity index (χ4n) is 5.16. The SMILES string of the molecule is O=C(N(CCc1cccc(Cl)c1)Cc1cccc(Cl)c1)N1CCN(Cc2cccnc2)[C@@H](c2ccccc2)C1. The number of hydrogen-bond acceptors (Lipinski definition) is 3. The molecule has 1 atom stereocenters. The van der Waals surface area contributed by atoms with Crippen LogP contribution in [0.4, 0.5) is 4.79 Å². The highest BCUT2D eigenvalue weighted by Crippen LogP contribution is 2.28. The van der Waals surface area contributed by atoms with Crippen LogP contribution < -0.4 is 0 Å². The van der Waals surface area contributed by atoms with E-state index in [0.29, 0.717) is 36.2 Å². The largest absolute Gasteiger partial charge is 0.321 e. The van der Waals surface area contributed by atoms with Crippen molar-refractivity contribution < 1.29 is 4.79 Å². The summed E-state index contributed by atoms with van der Waals surface area (Å²) in [5.41, 5.74) is 4.49. The third-order valence-electron chi connectivity index (χ3n) is 7.15. The van der Waals surface area contributed by atoms with E-state index >= 15 is 0 Å². The second-order valence-electron chi connectivity index (χ2n) is 9.92. The minimum absolute atomic E-state index is 0.0407. The van der Waals surface area contributed by atoms with Crippen LogP contribution in [0.2, 0.25) is 10.0 Å².